The molecule has 2 aromatic carbocycles. The first-order valence-electron chi connectivity index (χ1n) is 9.20. The molecule has 0 unspecified atom stereocenters. The van der Waals surface area contributed by atoms with Gasteiger partial charge >= 0.3 is 0 Å². The normalized spacial score (nSPS) is 11.0. The summed E-state index contributed by atoms with van der Waals surface area (Å²) in [5.74, 6) is -0.0777. The van der Waals surface area contributed by atoms with Gasteiger partial charge in [0.1, 0.15) is 0 Å². The molecule has 4 aromatic rings. The number of fused-ring (bicyclic) bond motifs is 1. The SMILES string of the molecule is Cc1nc(NC(=O)Cc2c(C)nc3ccccc3c2-c2ccccc2)sc1C. The van der Waals surface area contributed by atoms with Gasteiger partial charge < -0.3 is 5.32 Å². The van der Waals surface area contributed by atoms with Crippen molar-refractivity contribution in [1.29, 1.82) is 0 Å². The fourth-order valence-electron chi connectivity index (χ4n) is 3.38. The Morgan fingerprint density at radius 3 is 2.36 bits per heavy atom. The van der Waals surface area contributed by atoms with Crippen molar-refractivity contribution in [2.75, 3.05) is 5.32 Å². The third-order valence-electron chi connectivity index (χ3n) is 4.87. The van der Waals surface area contributed by atoms with Crippen LogP contribution in [0.25, 0.3) is 22.0 Å². The molecule has 28 heavy (non-hydrogen) atoms. The number of carbonyl (C=O) groups excluding carboxylic acids is 1. The predicted molar refractivity (Wildman–Crippen MR) is 116 cm³/mol. The lowest BCUT2D eigenvalue weighted by molar-refractivity contribution is -0.115. The molecule has 0 aliphatic heterocycles. The average Bonchev–Trinajstić information content (AvgIpc) is 3.00. The summed E-state index contributed by atoms with van der Waals surface area (Å²) < 4.78 is 0. The molecule has 4 rings (SSSR count). The monoisotopic (exact) mass is 387 g/mol. The number of hydrogen-bond acceptors (Lipinski definition) is 4. The minimum Gasteiger partial charge on any atom is -0.302 e. The number of anilines is 1. The first kappa shape index (κ1) is 18.3. The second-order valence-electron chi connectivity index (χ2n) is 6.82. The van der Waals surface area contributed by atoms with Crippen molar-refractivity contribution in [3.63, 3.8) is 0 Å². The summed E-state index contributed by atoms with van der Waals surface area (Å²) in [6.45, 7) is 5.93. The van der Waals surface area contributed by atoms with E-state index in [9.17, 15) is 4.79 Å². The number of aryl methyl sites for hydroxylation is 3. The molecule has 0 saturated carbocycles. The molecule has 140 valence electrons. The van der Waals surface area contributed by atoms with E-state index in [0.717, 1.165) is 43.9 Å². The van der Waals surface area contributed by atoms with Crippen molar-refractivity contribution in [2.24, 2.45) is 0 Å². The van der Waals surface area contributed by atoms with Crippen molar-refractivity contribution in [3.8, 4) is 11.1 Å². The maximum absolute atomic E-state index is 12.8. The van der Waals surface area contributed by atoms with E-state index in [0.29, 0.717) is 5.13 Å². The first-order chi connectivity index (χ1) is 13.5. The topological polar surface area (TPSA) is 54.9 Å². The third-order valence-corrected chi connectivity index (χ3v) is 5.86. The number of para-hydroxylation sites is 1. The van der Waals surface area contributed by atoms with Crippen LogP contribution < -0.4 is 5.32 Å². The highest BCUT2D eigenvalue weighted by atomic mass is 32.1. The number of nitrogens with zero attached hydrogens (tertiary/aromatic N) is 2. The molecular weight excluding hydrogens is 366 g/mol. The van der Waals surface area contributed by atoms with Gasteiger partial charge in [-0.1, -0.05) is 48.5 Å². The van der Waals surface area contributed by atoms with Gasteiger partial charge in [0.15, 0.2) is 5.13 Å². The largest absolute Gasteiger partial charge is 0.302 e. The second-order valence-corrected chi connectivity index (χ2v) is 8.02. The number of hydrogen-bond donors (Lipinski definition) is 1. The molecule has 1 N–H and O–H groups in total. The van der Waals surface area contributed by atoms with Crippen LogP contribution in [0, 0.1) is 20.8 Å². The first-order valence-corrected chi connectivity index (χ1v) is 10.0. The number of nitrogens with one attached hydrogen (secondary N) is 1. The number of aromatic nitrogens is 2. The van der Waals surface area contributed by atoms with E-state index in [1.54, 1.807) is 0 Å². The van der Waals surface area contributed by atoms with Crippen molar-refractivity contribution in [2.45, 2.75) is 27.2 Å². The Morgan fingerprint density at radius 1 is 0.929 bits per heavy atom. The smallest absolute Gasteiger partial charge is 0.230 e. The van der Waals surface area contributed by atoms with Crippen molar-refractivity contribution < 1.29 is 4.79 Å². The molecule has 0 saturated heterocycles. The number of pyridine rings is 1. The van der Waals surface area contributed by atoms with E-state index in [2.05, 4.69) is 28.5 Å². The molecule has 0 bridgehead atoms. The van der Waals surface area contributed by atoms with Gasteiger partial charge in [-0.2, -0.15) is 0 Å². The zero-order valence-corrected chi connectivity index (χ0v) is 16.9. The maximum Gasteiger partial charge on any atom is 0.230 e. The Morgan fingerprint density at radius 2 is 1.64 bits per heavy atom. The number of benzene rings is 2. The highest BCUT2D eigenvalue weighted by Gasteiger charge is 2.18. The predicted octanol–water partition coefficient (Wildman–Crippen LogP) is 5.46. The van der Waals surface area contributed by atoms with E-state index in [1.807, 2.05) is 57.2 Å². The van der Waals surface area contributed by atoms with E-state index >= 15 is 0 Å². The van der Waals surface area contributed by atoms with Crippen molar-refractivity contribution in [1.82, 2.24) is 9.97 Å². The van der Waals surface area contributed by atoms with Crippen LogP contribution >= 0.6 is 11.3 Å². The second kappa shape index (κ2) is 7.52. The molecular formula is C23H21N3OS. The van der Waals surface area contributed by atoms with Gasteiger partial charge in [0.05, 0.1) is 17.6 Å². The quantitative estimate of drug-likeness (QED) is 0.505. The summed E-state index contributed by atoms with van der Waals surface area (Å²) in [7, 11) is 0. The third kappa shape index (κ3) is 3.53. The summed E-state index contributed by atoms with van der Waals surface area (Å²) in [5.41, 5.74) is 5.88. The fourth-order valence-corrected chi connectivity index (χ4v) is 4.21. The van der Waals surface area contributed by atoms with Gasteiger partial charge in [-0.3, -0.25) is 9.78 Å². The van der Waals surface area contributed by atoms with Gasteiger partial charge in [0.25, 0.3) is 0 Å². The van der Waals surface area contributed by atoms with E-state index in [1.165, 1.54) is 11.3 Å². The van der Waals surface area contributed by atoms with Crippen molar-refractivity contribution in [3.05, 3.63) is 76.4 Å². The molecule has 1 amide bonds. The van der Waals surface area contributed by atoms with Crippen LogP contribution in [0.1, 0.15) is 21.8 Å². The summed E-state index contributed by atoms with van der Waals surface area (Å²) in [6.07, 6.45) is 0.256. The molecule has 0 spiro atoms. The maximum atomic E-state index is 12.8. The zero-order chi connectivity index (χ0) is 19.7. The Bertz CT molecular complexity index is 1150. The van der Waals surface area contributed by atoms with E-state index < -0.39 is 0 Å². The molecule has 4 nitrogen and oxygen atoms in total. The van der Waals surface area contributed by atoms with Gasteiger partial charge in [0, 0.05) is 16.0 Å². The molecule has 0 atom stereocenters. The highest BCUT2D eigenvalue weighted by Crippen LogP contribution is 2.33. The number of amides is 1. The lowest BCUT2D eigenvalue weighted by Crippen LogP contribution is -2.16. The number of rotatable bonds is 4. The standard InChI is InChI=1S/C23H21N3OS/c1-14-16(3)28-23(25-14)26-21(27)13-19-15(2)24-20-12-8-7-11-18(20)22(19)17-9-5-4-6-10-17/h4-12H,13H2,1-3H3,(H,25,26,27). The van der Waals surface area contributed by atoms with Crippen LogP contribution in [0.5, 0.6) is 0 Å². The Hall–Kier alpha value is -3.05. The minimum absolute atomic E-state index is 0.0777. The Balaban J connectivity index is 1.77. The van der Waals surface area contributed by atoms with Gasteiger partial charge in [0.2, 0.25) is 5.91 Å². The summed E-state index contributed by atoms with van der Waals surface area (Å²) in [6, 6.07) is 18.3. The molecule has 5 heteroatoms. The van der Waals surface area contributed by atoms with Crippen LogP contribution in [0.2, 0.25) is 0 Å². The Labute approximate surface area is 168 Å². The zero-order valence-electron chi connectivity index (χ0n) is 16.1. The summed E-state index contributed by atoms with van der Waals surface area (Å²) in [4.78, 5) is 23.1. The average molecular weight is 388 g/mol. The molecule has 2 aromatic heterocycles. The van der Waals surface area contributed by atoms with Crippen LogP contribution in [-0.4, -0.2) is 15.9 Å². The summed E-state index contributed by atoms with van der Waals surface area (Å²) >= 11 is 1.50. The number of carbonyl (C=O) groups is 1. The lowest BCUT2D eigenvalue weighted by atomic mass is 9.92. The molecule has 0 radical (unpaired) electrons. The van der Waals surface area contributed by atoms with Crippen LogP contribution in [0.15, 0.2) is 54.6 Å². The van der Waals surface area contributed by atoms with Crippen LogP contribution in [-0.2, 0) is 11.2 Å². The lowest BCUT2D eigenvalue weighted by Gasteiger charge is -2.15. The van der Waals surface area contributed by atoms with Gasteiger partial charge in [-0.25, -0.2) is 4.98 Å². The molecule has 0 aliphatic rings. The molecule has 0 fully saturated rings. The summed E-state index contributed by atoms with van der Waals surface area (Å²) in [5, 5.41) is 4.65. The van der Waals surface area contributed by atoms with Crippen molar-refractivity contribution >= 4 is 33.3 Å². The Kier molecular flexibility index (Phi) is 4.92. The minimum atomic E-state index is -0.0777. The fraction of sp³-hybridized carbons (Fsp3) is 0.174. The van der Waals surface area contributed by atoms with Crippen LogP contribution in [0.4, 0.5) is 5.13 Å². The van der Waals surface area contributed by atoms with Gasteiger partial charge in [-0.05, 0) is 43.5 Å². The molecule has 2 heterocycles. The van der Waals surface area contributed by atoms with E-state index in [-0.39, 0.29) is 12.3 Å². The number of thiazole rings is 1. The van der Waals surface area contributed by atoms with Crippen LogP contribution in [0.3, 0.4) is 0 Å². The highest BCUT2D eigenvalue weighted by molar-refractivity contribution is 7.15. The molecule has 0 aliphatic carbocycles. The van der Waals surface area contributed by atoms with Gasteiger partial charge in [-0.15, -0.1) is 11.3 Å². The van der Waals surface area contributed by atoms with E-state index in [4.69, 9.17) is 4.98 Å².